The molecule has 0 spiro atoms. The van der Waals surface area contributed by atoms with Crippen LogP contribution in [0.2, 0.25) is 0 Å². The number of nitrogens with two attached hydrogens (primary N) is 1. The van der Waals surface area contributed by atoms with Gasteiger partial charge in [-0.25, -0.2) is 0 Å². The van der Waals surface area contributed by atoms with Gasteiger partial charge in [-0.3, -0.25) is 0 Å². The molecule has 1 aromatic heterocycles. The first-order chi connectivity index (χ1) is 9.72. The van der Waals surface area contributed by atoms with Gasteiger partial charge in [-0.2, -0.15) is 4.98 Å². The predicted molar refractivity (Wildman–Crippen MR) is 76.2 cm³/mol. The molecule has 0 aromatic carbocycles. The summed E-state index contributed by atoms with van der Waals surface area (Å²) in [5, 5.41) is 4.30. The van der Waals surface area contributed by atoms with Crippen LogP contribution in [0, 0.1) is 17.8 Å². The SMILES string of the molecule is CC1CCCC(c2noc(C3C4CCC(C4)C3N)n2)C1. The van der Waals surface area contributed by atoms with Crippen molar-refractivity contribution in [2.24, 2.45) is 23.5 Å². The number of rotatable bonds is 2. The third-order valence-electron chi connectivity index (χ3n) is 6.02. The van der Waals surface area contributed by atoms with Crippen molar-refractivity contribution in [3.05, 3.63) is 11.7 Å². The van der Waals surface area contributed by atoms with Crippen molar-refractivity contribution in [1.82, 2.24) is 10.1 Å². The van der Waals surface area contributed by atoms with Gasteiger partial charge in [0, 0.05) is 12.0 Å². The van der Waals surface area contributed by atoms with Crippen LogP contribution in [-0.2, 0) is 0 Å². The molecule has 0 aliphatic heterocycles. The van der Waals surface area contributed by atoms with E-state index in [0.717, 1.165) is 17.6 Å². The average molecular weight is 275 g/mol. The van der Waals surface area contributed by atoms with Gasteiger partial charge in [-0.15, -0.1) is 0 Å². The van der Waals surface area contributed by atoms with E-state index in [-0.39, 0.29) is 6.04 Å². The van der Waals surface area contributed by atoms with Gasteiger partial charge in [-0.05, 0) is 49.9 Å². The van der Waals surface area contributed by atoms with E-state index in [0.29, 0.717) is 23.7 Å². The minimum atomic E-state index is 0.243. The van der Waals surface area contributed by atoms with E-state index in [9.17, 15) is 0 Å². The van der Waals surface area contributed by atoms with Crippen LogP contribution in [0.1, 0.15) is 75.4 Å². The zero-order chi connectivity index (χ0) is 13.7. The zero-order valence-corrected chi connectivity index (χ0v) is 12.3. The van der Waals surface area contributed by atoms with E-state index in [4.69, 9.17) is 15.2 Å². The monoisotopic (exact) mass is 275 g/mol. The van der Waals surface area contributed by atoms with Crippen molar-refractivity contribution in [2.75, 3.05) is 0 Å². The number of fused-ring (bicyclic) bond motifs is 2. The molecule has 3 fully saturated rings. The van der Waals surface area contributed by atoms with Crippen molar-refractivity contribution in [1.29, 1.82) is 0 Å². The molecule has 2 bridgehead atoms. The summed E-state index contributed by atoms with van der Waals surface area (Å²) in [5.41, 5.74) is 6.38. The van der Waals surface area contributed by atoms with E-state index in [1.54, 1.807) is 0 Å². The van der Waals surface area contributed by atoms with Gasteiger partial charge < -0.3 is 10.3 Å². The summed E-state index contributed by atoms with van der Waals surface area (Å²) in [6.07, 6.45) is 8.92. The van der Waals surface area contributed by atoms with E-state index in [1.165, 1.54) is 44.9 Å². The highest BCUT2D eigenvalue weighted by atomic mass is 16.5. The fraction of sp³-hybridized carbons (Fsp3) is 0.875. The van der Waals surface area contributed by atoms with Crippen LogP contribution in [0.4, 0.5) is 0 Å². The Kier molecular flexibility index (Phi) is 3.09. The van der Waals surface area contributed by atoms with Crippen molar-refractivity contribution in [2.45, 2.75) is 69.7 Å². The smallest absolute Gasteiger partial charge is 0.231 e. The molecule has 3 aliphatic rings. The van der Waals surface area contributed by atoms with Crippen LogP contribution < -0.4 is 5.73 Å². The summed E-state index contributed by atoms with van der Waals surface area (Å²) in [5.74, 6) is 4.78. The second kappa shape index (κ2) is 4.83. The van der Waals surface area contributed by atoms with Crippen LogP contribution in [0.5, 0.6) is 0 Å². The Bertz CT molecular complexity index is 484. The molecular formula is C16H25N3O. The molecule has 110 valence electrons. The summed E-state index contributed by atoms with van der Waals surface area (Å²) >= 11 is 0. The first kappa shape index (κ1) is 12.8. The quantitative estimate of drug-likeness (QED) is 0.900. The van der Waals surface area contributed by atoms with Gasteiger partial charge >= 0.3 is 0 Å². The minimum Gasteiger partial charge on any atom is -0.339 e. The third kappa shape index (κ3) is 2.00. The average Bonchev–Trinajstić information content (AvgIpc) is 3.13. The summed E-state index contributed by atoms with van der Waals surface area (Å²) in [7, 11) is 0. The van der Waals surface area contributed by atoms with Crippen molar-refractivity contribution < 1.29 is 4.52 Å². The number of hydrogen-bond acceptors (Lipinski definition) is 4. The van der Waals surface area contributed by atoms with Crippen molar-refractivity contribution >= 4 is 0 Å². The minimum absolute atomic E-state index is 0.243. The molecule has 20 heavy (non-hydrogen) atoms. The van der Waals surface area contributed by atoms with Gasteiger partial charge in [0.1, 0.15) is 0 Å². The Hall–Kier alpha value is -0.900. The molecule has 1 heterocycles. The van der Waals surface area contributed by atoms with Crippen LogP contribution in [-0.4, -0.2) is 16.2 Å². The highest BCUT2D eigenvalue weighted by Gasteiger charge is 2.49. The molecule has 0 radical (unpaired) electrons. The maximum absolute atomic E-state index is 6.38. The van der Waals surface area contributed by atoms with Crippen LogP contribution >= 0.6 is 0 Å². The highest BCUT2D eigenvalue weighted by Crippen LogP contribution is 2.52. The molecule has 6 unspecified atom stereocenters. The lowest BCUT2D eigenvalue weighted by molar-refractivity contribution is 0.275. The molecule has 4 rings (SSSR count). The summed E-state index contributed by atoms with van der Waals surface area (Å²) in [6, 6.07) is 0.243. The zero-order valence-electron chi connectivity index (χ0n) is 12.3. The Labute approximate surface area is 120 Å². The Balaban J connectivity index is 1.53. The third-order valence-corrected chi connectivity index (χ3v) is 6.02. The van der Waals surface area contributed by atoms with E-state index in [2.05, 4.69) is 12.1 Å². The largest absolute Gasteiger partial charge is 0.339 e. The van der Waals surface area contributed by atoms with Crippen molar-refractivity contribution in [3.63, 3.8) is 0 Å². The predicted octanol–water partition coefficient (Wildman–Crippen LogP) is 3.20. The van der Waals surface area contributed by atoms with Gasteiger partial charge in [0.05, 0.1) is 5.92 Å². The fourth-order valence-corrected chi connectivity index (χ4v) is 4.92. The molecule has 6 atom stereocenters. The summed E-state index contributed by atoms with van der Waals surface area (Å²) in [6.45, 7) is 2.33. The lowest BCUT2D eigenvalue weighted by atomic mass is 9.82. The van der Waals surface area contributed by atoms with Gasteiger partial charge in [0.2, 0.25) is 5.89 Å². The van der Waals surface area contributed by atoms with E-state index in [1.807, 2.05) is 0 Å². The molecule has 3 saturated carbocycles. The van der Waals surface area contributed by atoms with Gasteiger partial charge in [-0.1, -0.05) is 24.9 Å². The summed E-state index contributed by atoms with van der Waals surface area (Å²) < 4.78 is 5.62. The van der Waals surface area contributed by atoms with E-state index >= 15 is 0 Å². The van der Waals surface area contributed by atoms with Gasteiger partial charge in [0.15, 0.2) is 5.82 Å². The standard InChI is InChI=1S/C16H25N3O/c1-9-3-2-4-12(7-9)15-18-16(20-19-15)13-10-5-6-11(8-10)14(13)17/h9-14H,2-8,17H2,1H3. The molecule has 1 aromatic rings. The lowest BCUT2D eigenvalue weighted by Crippen LogP contribution is -2.34. The molecule has 2 N–H and O–H groups in total. The number of nitrogens with zero attached hydrogens (tertiary/aromatic N) is 2. The van der Waals surface area contributed by atoms with Crippen molar-refractivity contribution in [3.8, 4) is 0 Å². The molecule has 4 nitrogen and oxygen atoms in total. The van der Waals surface area contributed by atoms with Gasteiger partial charge in [0.25, 0.3) is 0 Å². The normalized spacial score (nSPS) is 44.1. The highest BCUT2D eigenvalue weighted by molar-refractivity contribution is 5.12. The number of hydrogen-bond donors (Lipinski definition) is 1. The molecule has 0 saturated heterocycles. The van der Waals surface area contributed by atoms with Crippen LogP contribution in [0.15, 0.2) is 4.52 Å². The van der Waals surface area contributed by atoms with E-state index < -0.39 is 0 Å². The lowest BCUT2D eigenvalue weighted by Gasteiger charge is -2.25. The number of aromatic nitrogens is 2. The molecule has 3 aliphatic carbocycles. The maximum Gasteiger partial charge on any atom is 0.231 e. The first-order valence-corrected chi connectivity index (χ1v) is 8.31. The maximum atomic E-state index is 6.38. The molecular weight excluding hydrogens is 250 g/mol. The summed E-state index contributed by atoms with van der Waals surface area (Å²) in [4.78, 5) is 4.76. The Morgan fingerprint density at radius 3 is 2.70 bits per heavy atom. The molecule has 4 heteroatoms. The second-order valence-electron chi connectivity index (χ2n) is 7.40. The Morgan fingerprint density at radius 1 is 1.10 bits per heavy atom. The van der Waals surface area contributed by atoms with Crippen LogP contribution in [0.3, 0.4) is 0 Å². The topological polar surface area (TPSA) is 64.9 Å². The fourth-order valence-electron chi connectivity index (χ4n) is 4.92. The molecule has 0 amide bonds. The van der Waals surface area contributed by atoms with Crippen LogP contribution in [0.25, 0.3) is 0 Å². The second-order valence-corrected chi connectivity index (χ2v) is 7.40. The first-order valence-electron chi connectivity index (χ1n) is 8.31. The Morgan fingerprint density at radius 2 is 1.95 bits per heavy atom.